The molecule has 1 aliphatic rings. The lowest BCUT2D eigenvalue weighted by atomic mass is 10.1. The van der Waals surface area contributed by atoms with Crippen molar-refractivity contribution in [3.63, 3.8) is 0 Å². The van der Waals surface area contributed by atoms with E-state index in [1.807, 2.05) is 74.5 Å². The molecule has 0 amide bonds. The molecule has 1 aliphatic carbocycles. The number of fused-ring (bicyclic) bond motifs is 1. The number of hydrogen-bond acceptors (Lipinski definition) is 3. The molecular formula is C25H21NO2. The third-order valence-electron chi connectivity index (χ3n) is 4.77. The van der Waals surface area contributed by atoms with Gasteiger partial charge in [-0.2, -0.15) is 5.26 Å². The zero-order valence-electron chi connectivity index (χ0n) is 16.0. The fraction of sp³-hybridized carbons (Fsp3) is 0.160. The maximum atomic E-state index is 9.26. The third kappa shape index (κ3) is 3.77. The van der Waals surface area contributed by atoms with Crippen LogP contribution in [0.25, 0.3) is 6.08 Å². The summed E-state index contributed by atoms with van der Waals surface area (Å²) in [6, 6.07) is 22.4. The highest BCUT2D eigenvalue weighted by Crippen LogP contribution is 2.39. The van der Waals surface area contributed by atoms with Gasteiger partial charge in [0, 0.05) is 17.6 Å². The molecule has 0 saturated carbocycles. The topological polar surface area (TPSA) is 42.2 Å². The first-order valence-corrected chi connectivity index (χ1v) is 9.32. The zero-order valence-corrected chi connectivity index (χ0v) is 16.0. The van der Waals surface area contributed by atoms with Crippen molar-refractivity contribution >= 4 is 6.08 Å². The van der Waals surface area contributed by atoms with Crippen LogP contribution in [0.4, 0.5) is 0 Å². The van der Waals surface area contributed by atoms with Crippen LogP contribution in [0, 0.1) is 25.2 Å². The minimum Gasteiger partial charge on any atom is -0.485 e. The van der Waals surface area contributed by atoms with E-state index in [-0.39, 0.29) is 0 Å². The molecule has 138 valence electrons. The Hall–Kier alpha value is -3.51. The van der Waals surface area contributed by atoms with Gasteiger partial charge in [-0.1, -0.05) is 42.5 Å². The molecule has 3 heteroatoms. The minimum atomic E-state index is 0.477. The van der Waals surface area contributed by atoms with Gasteiger partial charge in [-0.3, -0.25) is 0 Å². The van der Waals surface area contributed by atoms with Crippen LogP contribution in [0.5, 0.6) is 17.2 Å². The molecule has 0 spiro atoms. The molecule has 0 radical (unpaired) electrons. The smallest absolute Gasteiger partial charge is 0.169 e. The molecular weight excluding hydrogens is 346 g/mol. The summed E-state index contributed by atoms with van der Waals surface area (Å²) in [5.41, 5.74) is 6.20. The summed E-state index contributed by atoms with van der Waals surface area (Å²) in [6.45, 7) is 4.55. The van der Waals surface area contributed by atoms with Crippen molar-refractivity contribution < 1.29 is 9.47 Å². The van der Waals surface area contributed by atoms with E-state index in [0.29, 0.717) is 24.5 Å². The first kappa shape index (κ1) is 17.9. The number of benzene rings is 3. The average Bonchev–Trinajstić information content (AvgIpc) is 3.12. The van der Waals surface area contributed by atoms with Gasteiger partial charge in [0.2, 0.25) is 0 Å². The molecule has 4 rings (SSSR count). The van der Waals surface area contributed by atoms with Crippen LogP contribution in [0.2, 0.25) is 0 Å². The summed E-state index contributed by atoms with van der Waals surface area (Å²) in [4.78, 5) is 0. The third-order valence-corrected chi connectivity index (χ3v) is 4.77. The number of ether oxygens (including phenoxy) is 2. The SMILES string of the molecule is Cc1ccc(Oc2cc(C)cc3c2C=C(C#N)C3)c(OCc2ccccc2)c1. The van der Waals surface area contributed by atoms with E-state index in [9.17, 15) is 5.26 Å². The first-order valence-electron chi connectivity index (χ1n) is 9.32. The van der Waals surface area contributed by atoms with Crippen LogP contribution >= 0.6 is 0 Å². The van der Waals surface area contributed by atoms with Crippen LogP contribution < -0.4 is 9.47 Å². The lowest BCUT2D eigenvalue weighted by Crippen LogP contribution is -1.99. The number of rotatable bonds is 5. The Morgan fingerprint density at radius 2 is 1.68 bits per heavy atom. The second-order valence-electron chi connectivity index (χ2n) is 7.12. The Morgan fingerprint density at radius 1 is 0.893 bits per heavy atom. The van der Waals surface area contributed by atoms with E-state index >= 15 is 0 Å². The number of nitriles is 1. The lowest BCUT2D eigenvalue weighted by Gasteiger charge is -2.16. The van der Waals surface area contributed by atoms with Crippen LogP contribution in [0.1, 0.15) is 27.8 Å². The largest absolute Gasteiger partial charge is 0.485 e. The Bertz CT molecular complexity index is 1090. The van der Waals surface area contributed by atoms with E-state index in [1.54, 1.807) is 0 Å². The van der Waals surface area contributed by atoms with Crippen molar-refractivity contribution in [3.8, 4) is 23.3 Å². The molecule has 0 aromatic heterocycles. The summed E-state index contributed by atoms with van der Waals surface area (Å²) < 4.78 is 12.4. The van der Waals surface area contributed by atoms with Crippen molar-refractivity contribution in [2.45, 2.75) is 26.9 Å². The second-order valence-corrected chi connectivity index (χ2v) is 7.12. The molecule has 0 heterocycles. The monoisotopic (exact) mass is 367 g/mol. The van der Waals surface area contributed by atoms with Crippen LogP contribution in [0.3, 0.4) is 0 Å². The van der Waals surface area contributed by atoms with Crippen molar-refractivity contribution in [1.82, 2.24) is 0 Å². The summed E-state index contributed by atoms with van der Waals surface area (Å²) in [5.74, 6) is 2.14. The van der Waals surface area contributed by atoms with E-state index in [1.165, 1.54) is 0 Å². The Balaban J connectivity index is 1.64. The lowest BCUT2D eigenvalue weighted by molar-refractivity contribution is 0.291. The highest BCUT2D eigenvalue weighted by molar-refractivity contribution is 5.73. The predicted molar refractivity (Wildman–Crippen MR) is 111 cm³/mol. The first-order chi connectivity index (χ1) is 13.6. The molecule has 0 atom stereocenters. The molecule has 0 saturated heterocycles. The molecule has 0 unspecified atom stereocenters. The van der Waals surface area contributed by atoms with Gasteiger partial charge in [-0.15, -0.1) is 0 Å². The van der Waals surface area contributed by atoms with Gasteiger partial charge >= 0.3 is 0 Å². The van der Waals surface area contributed by atoms with Gasteiger partial charge < -0.3 is 9.47 Å². The molecule has 28 heavy (non-hydrogen) atoms. The van der Waals surface area contributed by atoms with E-state index < -0.39 is 0 Å². The van der Waals surface area contributed by atoms with Gasteiger partial charge in [-0.05, 0) is 60.4 Å². The van der Waals surface area contributed by atoms with Crippen molar-refractivity contribution in [3.05, 3.63) is 94.1 Å². The summed E-state index contributed by atoms with van der Waals surface area (Å²) in [6.07, 6.45) is 2.58. The number of nitrogens with zero attached hydrogens (tertiary/aromatic N) is 1. The Morgan fingerprint density at radius 3 is 2.46 bits per heavy atom. The van der Waals surface area contributed by atoms with Crippen LogP contribution in [0.15, 0.2) is 66.2 Å². The van der Waals surface area contributed by atoms with Gasteiger partial charge in [0.1, 0.15) is 12.4 Å². The fourth-order valence-electron chi connectivity index (χ4n) is 3.40. The highest BCUT2D eigenvalue weighted by atomic mass is 16.5. The molecule has 0 N–H and O–H groups in total. The van der Waals surface area contributed by atoms with E-state index in [4.69, 9.17) is 9.47 Å². The average molecular weight is 367 g/mol. The van der Waals surface area contributed by atoms with Crippen molar-refractivity contribution in [1.29, 1.82) is 5.26 Å². The summed E-state index contributed by atoms with van der Waals surface area (Å²) >= 11 is 0. The van der Waals surface area contributed by atoms with Gasteiger partial charge in [0.15, 0.2) is 11.5 Å². The van der Waals surface area contributed by atoms with E-state index in [2.05, 4.69) is 12.1 Å². The fourth-order valence-corrected chi connectivity index (χ4v) is 3.40. The normalized spacial score (nSPS) is 12.1. The molecule has 3 aromatic carbocycles. The molecule has 3 aromatic rings. The van der Waals surface area contributed by atoms with Crippen molar-refractivity contribution in [2.24, 2.45) is 0 Å². The predicted octanol–water partition coefficient (Wildman–Crippen LogP) is 6.14. The maximum Gasteiger partial charge on any atom is 0.169 e. The zero-order chi connectivity index (χ0) is 19.5. The van der Waals surface area contributed by atoms with Gasteiger partial charge in [0.05, 0.1) is 6.07 Å². The van der Waals surface area contributed by atoms with Crippen LogP contribution in [-0.2, 0) is 13.0 Å². The van der Waals surface area contributed by atoms with Crippen molar-refractivity contribution in [2.75, 3.05) is 0 Å². The number of allylic oxidation sites excluding steroid dienone is 1. The molecule has 0 bridgehead atoms. The molecule has 3 nitrogen and oxygen atoms in total. The second kappa shape index (κ2) is 7.62. The van der Waals surface area contributed by atoms with Gasteiger partial charge in [-0.25, -0.2) is 0 Å². The standard InChI is InChI=1S/C25H21NO2/c1-17-8-9-23(25(11-17)27-16-19-6-4-3-5-7-19)28-24-12-18(2)10-21-13-20(15-26)14-22(21)24/h3-12,14H,13,16H2,1-2H3. The summed E-state index contributed by atoms with van der Waals surface area (Å²) in [7, 11) is 0. The summed E-state index contributed by atoms with van der Waals surface area (Å²) in [5, 5.41) is 9.26. The molecule has 0 aliphatic heterocycles. The Kier molecular flexibility index (Phi) is 4.87. The van der Waals surface area contributed by atoms with Gasteiger partial charge in [0.25, 0.3) is 0 Å². The quantitative estimate of drug-likeness (QED) is 0.544. The molecule has 0 fully saturated rings. The number of hydrogen-bond donors (Lipinski definition) is 0. The maximum absolute atomic E-state index is 9.26. The highest BCUT2D eigenvalue weighted by Gasteiger charge is 2.19. The van der Waals surface area contributed by atoms with Crippen LogP contribution in [-0.4, -0.2) is 0 Å². The Labute approximate surface area is 165 Å². The number of aryl methyl sites for hydroxylation is 2. The van der Waals surface area contributed by atoms with E-state index in [0.717, 1.165) is 39.1 Å². The minimum absolute atomic E-state index is 0.477.